The number of amides is 2. The van der Waals surface area contributed by atoms with Crippen molar-refractivity contribution in [2.24, 2.45) is 5.92 Å². The van der Waals surface area contributed by atoms with Crippen LogP contribution in [0.2, 0.25) is 5.02 Å². The summed E-state index contributed by atoms with van der Waals surface area (Å²) in [6, 6.07) is 5.08. The van der Waals surface area contributed by atoms with Crippen LogP contribution in [0.15, 0.2) is 18.2 Å². The van der Waals surface area contributed by atoms with Gasteiger partial charge in [-0.1, -0.05) is 24.4 Å². The van der Waals surface area contributed by atoms with Crippen LogP contribution in [0.3, 0.4) is 0 Å². The zero-order chi connectivity index (χ0) is 17.1. The van der Waals surface area contributed by atoms with E-state index >= 15 is 0 Å². The largest absolute Gasteiger partial charge is 0.497 e. The number of halogens is 1. The predicted molar refractivity (Wildman–Crippen MR) is 92.4 cm³/mol. The van der Waals surface area contributed by atoms with Crippen LogP contribution in [0.5, 0.6) is 5.75 Å². The minimum atomic E-state index is -0.0874. The third kappa shape index (κ3) is 3.51. The number of methoxy groups -OCH3 is 1. The summed E-state index contributed by atoms with van der Waals surface area (Å²) in [5.74, 6) is 1.00. The van der Waals surface area contributed by atoms with Gasteiger partial charge in [-0.3, -0.25) is 9.59 Å². The Morgan fingerprint density at radius 2 is 1.71 bits per heavy atom. The molecule has 1 saturated carbocycles. The highest BCUT2D eigenvalue weighted by Gasteiger charge is 2.31. The van der Waals surface area contributed by atoms with Crippen LogP contribution >= 0.6 is 11.6 Å². The summed E-state index contributed by atoms with van der Waals surface area (Å²) in [7, 11) is 1.56. The monoisotopic (exact) mass is 350 g/mol. The molecule has 130 valence electrons. The fourth-order valence-electron chi connectivity index (χ4n) is 3.53. The Kier molecular flexibility index (Phi) is 5.29. The summed E-state index contributed by atoms with van der Waals surface area (Å²) >= 11 is 6.20. The topological polar surface area (TPSA) is 49.9 Å². The van der Waals surface area contributed by atoms with Crippen molar-refractivity contribution in [2.45, 2.75) is 25.7 Å². The molecule has 0 bridgehead atoms. The molecule has 3 rings (SSSR count). The number of benzene rings is 1. The van der Waals surface area contributed by atoms with Gasteiger partial charge in [0.05, 0.1) is 17.7 Å². The van der Waals surface area contributed by atoms with E-state index in [4.69, 9.17) is 16.3 Å². The average molecular weight is 351 g/mol. The second-order valence-corrected chi connectivity index (χ2v) is 6.85. The van der Waals surface area contributed by atoms with Gasteiger partial charge >= 0.3 is 0 Å². The SMILES string of the molecule is COc1ccc(C(=O)N2CCN(C(=O)C3CCCC3)CC2)c(Cl)c1. The minimum Gasteiger partial charge on any atom is -0.497 e. The van der Waals surface area contributed by atoms with Crippen LogP contribution in [0.4, 0.5) is 0 Å². The van der Waals surface area contributed by atoms with E-state index in [0.29, 0.717) is 42.5 Å². The summed E-state index contributed by atoms with van der Waals surface area (Å²) in [5, 5.41) is 0.392. The third-order valence-corrected chi connectivity index (χ3v) is 5.30. The van der Waals surface area contributed by atoms with E-state index in [1.807, 2.05) is 4.90 Å². The van der Waals surface area contributed by atoms with Crippen LogP contribution in [0, 0.1) is 5.92 Å². The highest BCUT2D eigenvalue weighted by molar-refractivity contribution is 6.34. The molecule has 1 aromatic carbocycles. The summed E-state index contributed by atoms with van der Waals surface area (Å²) in [6.07, 6.45) is 4.34. The Morgan fingerprint density at radius 1 is 1.08 bits per heavy atom. The maximum absolute atomic E-state index is 12.7. The Morgan fingerprint density at radius 3 is 2.29 bits per heavy atom. The molecule has 2 fully saturated rings. The van der Waals surface area contributed by atoms with Crippen LogP contribution in [0.25, 0.3) is 0 Å². The number of hydrogen-bond donors (Lipinski definition) is 0. The molecule has 1 saturated heterocycles. The molecule has 0 atom stereocenters. The maximum Gasteiger partial charge on any atom is 0.255 e. The highest BCUT2D eigenvalue weighted by atomic mass is 35.5. The van der Waals surface area contributed by atoms with E-state index in [1.54, 1.807) is 30.2 Å². The van der Waals surface area contributed by atoms with Crippen LogP contribution < -0.4 is 4.74 Å². The summed E-state index contributed by atoms with van der Waals surface area (Å²) < 4.78 is 5.11. The van der Waals surface area contributed by atoms with E-state index < -0.39 is 0 Å². The van der Waals surface area contributed by atoms with Crippen molar-refractivity contribution < 1.29 is 14.3 Å². The Bertz CT molecular complexity index is 621. The first-order valence-electron chi connectivity index (χ1n) is 8.51. The molecule has 0 unspecified atom stereocenters. The minimum absolute atomic E-state index is 0.0874. The quantitative estimate of drug-likeness (QED) is 0.842. The molecule has 5 nitrogen and oxygen atoms in total. The summed E-state index contributed by atoms with van der Waals surface area (Å²) in [5.41, 5.74) is 0.480. The Balaban J connectivity index is 1.60. The number of carbonyl (C=O) groups is 2. The first-order chi connectivity index (χ1) is 11.6. The van der Waals surface area contributed by atoms with Gasteiger partial charge in [-0.15, -0.1) is 0 Å². The average Bonchev–Trinajstić information content (AvgIpc) is 3.15. The lowest BCUT2D eigenvalue weighted by Crippen LogP contribution is -2.51. The zero-order valence-electron chi connectivity index (χ0n) is 14.0. The van der Waals surface area contributed by atoms with Crippen LogP contribution in [0.1, 0.15) is 36.0 Å². The molecule has 0 radical (unpaired) electrons. The van der Waals surface area contributed by atoms with Gasteiger partial charge in [0.1, 0.15) is 5.75 Å². The summed E-state index contributed by atoms with van der Waals surface area (Å²) in [4.78, 5) is 28.8. The van der Waals surface area contributed by atoms with Crippen LogP contribution in [-0.4, -0.2) is 54.9 Å². The van der Waals surface area contributed by atoms with E-state index in [9.17, 15) is 9.59 Å². The first kappa shape index (κ1) is 17.1. The molecular weight excluding hydrogens is 328 g/mol. The molecule has 24 heavy (non-hydrogen) atoms. The van der Waals surface area contributed by atoms with Gasteiger partial charge in [0.2, 0.25) is 5.91 Å². The van der Waals surface area contributed by atoms with Gasteiger partial charge in [-0.25, -0.2) is 0 Å². The number of piperazine rings is 1. The van der Waals surface area contributed by atoms with Crippen molar-refractivity contribution >= 4 is 23.4 Å². The van der Waals surface area contributed by atoms with Gasteiger partial charge in [0, 0.05) is 32.1 Å². The lowest BCUT2D eigenvalue weighted by molar-refractivity contribution is -0.136. The van der Waals surface area contributed by atoms with Crippen molar-refractivity contribution in [2.75, 3.05) is 33.3 Å². The second kappa shape index (κ2) is 7.43. The van der Waals surface area contributed by atoms with E-state index in [-0.39, 0.29) is 17.7 Å². The van der Waals surface area contributed by atoms with Gasteiger partial charge in [-0.2, -0.15) is 0 Å². The molecule has 1 aliphatic carbocycles. The zero-order valence-corrected chi connectivity index (χ0v) is 14.7. The van der Waals surface area contributed by atoms with Gasteiger partial charge in [-0.05, 0) is 31.0 Å². The molecule has 1 heterocycles. The maximum atomic E-state index is 12.7. The predicted octanol–water partition coefficient (Wildman–Crippen LogP) is 2.82. The fourth-order valence-corrected chi connectivity index (χ4v) is 3.78. The van der Waals surface area contributed by atoms with Gasteiger partial charge < -0.3 is 14.5 Å². The number of hydrogen-bond acceptors (Lipinski definition) is 3. The molecule has 2 amide bonds. The highest BCUT2D eigenvalue weighted by Crippen LogP contribution is 2.27. The van der Waals surface area contributed by atoms with Crippen LogP contribution in [-0.2, 0) is 4.79 Å². The normalized spacial score (nSPS) is 18.8. The van der Waals surface area contributed by atoms with Crippen molar-refractivity contribution in [3.63, 3.8) is 0 Å². The standard InChI is InChI=1S/C18H23ClN2O3/c1-24-14-6-7-15(16(19)12-14)18(23)21-10-8-20(9-11-21)17(22)13-4-2-3-5-13/h6-7,12-13H,2-5,8-11H2,1H3. The molecule has 0 N–H and O–H groups in total. The third-order valence-electron chi connectivity index (χ3n) is 4.99. The van der Waals surface area contributed by atoms with Crippen molar-refractivity contribution in [3.05, 3.63) is 28.8 Å². The number of nitrogens with zero attached hydrogens (tertiary/aromatic N) is 2. The molecular formula is C18H23ClN2O3. The van der Waals surface area contributed by atoms with Gasteiger partial charge in [0.15, 0.2) is 0 Å². The molecule has 2 aliphatic rings. The summed E-state index contributed by atoms with van der Waals surface area (Å²) in [6.45, 7) is 2.32. The first-order valence-corrected chi connectivity index (χ1v) is 8.89. The molecule has 6 heteroatoms. The lowest BCUT2D eigenvalue weighted by Gasteiger charge is -2.36. The van der Waals surface area contributed by atoms with Crippen molar-refractivity contribution in [1.29, 1.82) is 0 Å². The van der Waals surface area contributed by atoms with E-state index in [2.05, 4.69) is 0 Å². The molecule has 1 aromatic rings. The van der Waals surface area contributed by atoms with E-state index in [1.165, 1.54) is 0 Å². The second-order valence-electron chi connectivity index (χ2n) is 6.44. The van der Waals surface area contributed by atoms with E-state index in [0.717, 1.165) is 25.7 Å². The molecule has 0 spiro atoms. The van der Waals surface area contributed by atoms with Gasteiger partial charge in [0.25, 0.3) is 5.91 Å². The Labute approximate surface area is 147 Å². The molecule has 1 aliphatic heterocycles. The lowest BCUT2D eigenvalue weighted by atomic mass is 10.1. The molecule has 0 aromatic heterocycles. The van der Waals surface area contributed by atoms with Crippen molar-refractivity contribution in [3.8, 4) is 5.75 Å². The number of rotatable bonds is 3. The smallest absolute Gasteiger partial charge is 0.255 e. The van der Waals surface area contributed by atoms with Crippen molar-refractivity contribution in [1.82, 2.24) is 9.80 Å². The number of ether oxygens (including phenoxy) is 1. The fraction of sp³-hybridized carbons (Fsp3) is 0.556. The Hall–Kier alpha value is -1.75. The number of carbonyl (C=O) groups excluding carboxylic acids is 2.